The van der Waals surface area contributed by atoms with Gasteiger partial charge in [0.2, 0.25) is 0 Å². The third kappa shape index (κ3) is 3.25. The van der Waals surface area contributed by atoms with Gasteiger partial charge in [-0.1, -0.05) is 58.6 Å². The molecular formula is C15H14ClN3S3. The van der Waals surface area contributed by atoms with Crippen LogP contribution in [0.15, 0.2) is 26.9 Å². The zero-order chi connectivity index (χ0) is 15.7. The van der Waals surface area contributed by atoms with Crippen LogP contribution in [0, 0.1) is 13.8 Å². The minimum atomic E-state index is 0.573. The van der Waals surface area contributed by atoms with Gasteiger partial charge >= 0.3 is 0 Å². The molecule has 0 aliphatic carbocycles. The van der Waals surface area contributed by atoms with Crippen molar-refractivity contribution in [2.24, 2.45) is 0 Å². The first-order chi connectivity index (χ1) is 10.6. The maximum Gasteiger partial charge on any atom is 0.175 e. The summed E-state index contributed by atoms with van der Waals surface area (Å²) < 4.78 is 1.94. The molecule has 0 bridgehead atoms. The van der Waals surface area contributed by atoms with Gasteiger partial charge in [-0.15, -0.1) is 10.2 Å². The standard InChI is InChI=1S/C15H14ClN3S3/c1-8-4-5-10-6-11(13(16)17-12(10)9(8)2)7-21-15-19-18-14(20-3)22-15/h4-6H,7H2,1-3H3. The Labute approximate surface area is 146 Å². The fourth-order valence-electron chi connectivity index (χ4n) is 2.08. The molecule has 0 unspecified atom stereocenters. The molecule has 114 valence electrons. The SMILES string of the molecule is CSc1nnc(SCc2cc3ccc(C)c(C)c3nc2Cl)s1. The monoisotopic (exact) mass is 367 g/mol. The average Bonchev–Trinajstić information content (AvgIpc) is 2.98. The number of thioether (sulfide) groups is 2. The molecule has 0 fully saturated rings. The van der Waals surface area contributed by atoms with Crippen LogP contribution in [0.25, 0.3) is 10.9 Å². The van der Waals surface area contributed by atoms with Crippen molar-refractivity contribution in [1.82, 2.24) is 15.2 Å². The Morgan fingerprint density at radius 1 is 1.18 bits per heavy atom. The van der Waals surface area contributed by atoms with Crippen LogP contribution in [0.2, 0.25) is 5.15 Å². The van der Waals surface area contributed by atoms with Crippen LogP contribution in [-0.2, 0) is 5.75 Å². The Morgan fingerprint density at radius 3 is 2.68 bits per heavy atom. The number of aromatic nitrogens is 3. The molecule has 22 heavy (non-hydrogen) atoms. The third-order valence-corrected chi connectivity index (χ3v) is 6.86. The molecule has 7 heteroatoms. The molecule has 0 saturated heterocycles. The highest BCUT2D eigenvalue weighted by Gasteiger charge is 2.10. The maximum absolute atomic E-state index is 6.37. The van der Waals surface area contributed by atoms with Gasteiger partial charge in [-0.2, -0.15) is 0 Å². The Morgan fingerprint density at radius 2 is 1.95 bits per heavy atom. The number of pyridine rings is 1. The van der Waals surface area contributed by atoms with E-state index in [1.807, 2.05) is 6.26 Å². The van der Waals surface area contributed by atoms with Crippen molar-refractivity contribution >= 4 is 57.4 Å². The first-order valence-corrected chi connectivity index (χ1v) is 10.0. The minimum Gasteiger partial charge on any atom is -0.235 e. The first kappa shape index (κ1) is 16.1. The molecule has 0 aliphatic heterocycles. The molecule has 0 amide bonds. The summed E-state index contributed by atoms with van der Waals surface area (Å²) in [7, 11) is 0. The van der Waals surface area contributed by atoms with E-state index < -0.39 is 0 Å². The molecule has 0 radical (unpaired) electrons. The van der Waals surface area contributed by atoms with E-state index in [2.05, 4.69) is 47.2 Å². The highest BCUT2D eigenvalue weighted by molar-refractivity contribution is 8.02. The van der Waals surface area contributed by atoms with Crippen LogP contribution < -0.4 is 0 Å². The van der Waals surface area contributed by atoms with E-state index in [0.717, 1.165) is 30.9 Å². The van der Waals surface area contributed by atoms with Gasteiger partial charge in [0, 0.05) is 16.7 Å². The number of nitrogens with zero attached hydrogens (tertiary/aromatic N) is 3. The van der Waals surface area contributed by atoms with E-state index in [9.17, 15) is 0 Å². The maximum atomic E-state index is 6.37. The molecule has 0 atom stereocenters. The molecular weight excluding hydrogens is 354 g/mol. The summed E-state index contributed by atoms with van der Waals surface area (Å²) in [6, 6.07) is 6.35. The number of hydrogen-bond donors (Lipinski definition) is 0. The van der Waals surface area contributed by atoms with Crippen molar-refractivity contribution < 1.29 is 0 Å². The van der Waals surface area contributed by atoms with Crippen molar-refractivity contribution in [2.75, 3.05) is 6.26 Å². The van der Waals surface area contributed by atoms with Crippen molar-refractivity contribution in [3.63, 3.8) is 0 Å². The fourth-order valence-corrected chi connectivity index (χ4v) is 4.78. The summed E-state index contributed by atoms with van der Waals surface area (Å²) in [6.07, 6.45) is 2.00. The highest BCUT2D eigenvalue weighted by Crippen LogP contribution is 2.32. The van der Waals surface area contributed by atoms with E-state index in [-0.39, 0.29) is 0 Å². The van der Waals surface area contributed by atoms with E-state index in [0.29, 0.717) is 5.15 Å². The second-order valence-corrected chi connectivity index (χ2v) is 8.46. The second kappa shape index (κ2) is 6.74. The van der Waals surface area contributed by atoms with Crippen molar-refractivity contribution in [3.8, 4) is 0 Å². The van der Waals surface area contributed by atoms with Crippen molar-refractivity contribution in [1.29, 1.82) is 0 Å². The molecule has 0 N–H and O–H groups in total. The number of aryl methyl sites for hydroxylation is 2. The van der Waals surface area contributed by atoms with Crippen LogP contribution >= 0.6 is 46.5 Å². The van der Waals surface area contributed by atoms with Gasteiger partial charge < -0.3 is 0 Å². The number of benzene rings is 1. The fraction of sp³-hybridized carbons (Fsp3) is 0.267. The molecule has 2 heterocycles. The van der Waals surface area contributed by atoms with E-state index >= 15 is 0 Å². The highest BCUT2D eigenvalue weighted by atomic mass is 35.5. The lowest BCUT2D eigenvalue weighted by atomic mass is 10.0. The molecule has 0 aliphatic rings. The summed E-state index contributed by atoms with van der Waals surface area (Å²) in [4.78, 5) is 4.58. The van der Waals surface area contributed by atoms with E-state index in [4.69, 9.17) is 11.6 Å². The van der Waals surface area contributed by atoms with Crippen molar-refractivity contribution in [2.45, 2.75) is 28.3 Å². The van der Waals surface area contributed by atoms with Crippen LogP contribution in [0.3, 0.4) is 0 Å². The van der Waals surface area contributed by atoms with Crippen LogP contribution in [0.4, 0.5) is 0 Å². The normalized spacial score (nSPS) is 11.3. The van der Waals surface area contributed by atoms with Gasteiger partial charge in [0.15, 0.2) is 8.68 Å². The van der Waals surface area contributed by atoms with Gasteiger partial charge in [0.25, 0.3) is 0 Å². The number of hydrogen-bond acceptors (Lipinski definition) is 6. The predicted molar refractivity (Wildman–Crippen MR) is 97.5 cm³/mol. The van der Waals surface area contributed by atoms with Gasteiger partial charge in [0.05, 0.1) is 5.52 Å². The Hall–Kier alpha value is -0.820. The van der Waals surface area contributed by atoms with Crippen molar-refractivity contribution in [3.05, 3.63) is 40.0 Å². The van der Waals surface area contributed by atoms with E-state index in [1.165, 1.54) is 11.1 Å². The zero-order valence-corrected chi connectivity index (χ0v) is 15.6. The Balaban J connectivity index is 1.87. The predicted octanol–water partition coefficient (Wildman–Crippen LogP) is 5.37. The van der Waals surface area contributed by atoms with E-state index in [1.54, 1.807) is 34.9 Å². The van der Waals surface area contributed by atoms with Gasteiger partial charge in [-0.05, 0) is 37.3 Å². The molecule has 1 aromatic carbocycles. The largest absolute Gasteiger partial charge is 0.235 e. The van der Waals surface area contributed by atoms with Gasteiger partial charge in [-0.25, -0.2) is 4.98 Å². The molecule has 2 aromatic heterocycles. The molecule has 0 saturated carbocycles. The Kier molecular flexibility index (Phi) is 4.92. The lowest BCUT2D eigenvalue weighted by Gasteiger charge is -2.08. The molecule has 3 nitrogen and oxygen atoms in total. The summed E-state index contributed by atoms with van der Waals surface area (Å²) in [5.41, 5.74) is 4.44. The number of halogens is 1. The molecule has 3 rings (SSSR count). The van der Waals surface area contributed by atoms with Gasteiger partial charge in [-0.3, -0.25) is 0 Å². The van der Waals surface area contributed by atoms with Crippen LogP contribution in [0.1, 0.15) is 16.7 Å². The molecule has 3 aromatic rings. The lowest BCUT2D eigenvalue weighted by molar-refractivity contribution is 0.955. The second-order valence-electron chi connectivity index (χ2n) is 4.84. The molecule has 0 spiro atoms. The summed E-state index contributed by atoms with van der Waals surface area (Å²) in [5, 5.41) is 9.97. The van der Waals surface area contributed by atoms with Crippen LogP contribution in [-0.4, -0.2) is 21.4 Å². The zero-order valence-electron chi connectivity index (χ0n) is 12.4. The summed E-state index contributed by atoms with van der Waals surface area (Å²) >= 11 is 11.2. The minimum absolute atomic E-state index is 0.573. The topological polar surface area (TPSA) is 38.7 Å². The Bertz CT molecular complexity index is 832. The average molecular weight is 368 g/mol. The number of rotatable bonds is 4. The number of fused-ring (bicyclic) bond motifs is 1. The van der Waals surface area contributed by atoms with Gasteiger partial charge in [0.1, 0.15) is 5.15 Å². The quantitative estimate of drug-likeness (QED) is 0.457. The smallest absolute Gasteiger partial charge is 0.175 e. The first-order valence-electron chi connectivity index (χ1n) is 6.64. The third-order valence-electron chi connectivity index (χ3n) is 3.45. The van der Waals surface area contributed by atoms with Crippen LogP contribution in [0.5, 0.6) is 0 Å². The lowest BCUT2D eigenvalue weighted by Crippen LogP contribution is -1.92. The summed E-state index contributed by atoms with van der Waals surface area (Å²) in [5.74, 6) is 0.748. The summed E-state index contributed by atoms with van der Waals surface area (Å²) in [6.45, 7) is 4.17.